The van der Waals surface area contributed by atoms with E-state index in [1.54, 1.807) is 13.2 Å². The van der Waals surface area contributed by atoms with Gasteiger partial charge in [0.05, 0.1) is 13.7 Å². The summed E-state index contributed by atoms with van der Waals surface area (Å²) in [6.45, 7) is 8.21. The summed E-state index contributed by atoms with van der Waals surface area (Å²) >= 11 is 6.60. The minimum absolute atomic E-state index is 0.0713. The largest absolute Gasteiger partial charge is 0.493 e. The van der Waals surface area contributed by atoms with E-state index < -0.39 is 0 Å². The Morgan fingerprint density at radius 2 is 2.20 bits per heavy atom. The van der Waals surface area contributed by atoms with Crippen molar-refractivity contribution in [2.75, 3.05) is 40.5 Å². The summed E-state index contributed by atoms with van der Waals surface area (Å²) in [5.74, 6) is 2.04. The Balaban J connectivity index is 1.97. The van der Waals surface area contributed by atoms with Gasteiger partial charge in [-0.05, 0) is 37.4 Å². The fraction of sp³-hybridized carbons (Fsp3) is 0.579. The molecule has 4 atom stereocenters. The number of ether oxygens (including phenoxy) is 2. The van der Waals surface area contributed by atoms with Gasteiger partial charge in [0.2, 0.25) is 0 Å². The summed E-state index contributed by atoms with van der Waals surface area (Å²) in [4.78, 5) is 2.32. The molecule has 2 fully saturated rings. The summed E-state index contributed by atoms with van der Waals surface area (Å²) in [6, 6.07) is 3.84. The summed E-state index contributed by atoms with van der Waals surface area (Å²) in [5, 5.41) is 14.2. The molecule has 0 bridgehead atoms. The molecule has 0 aromatic heterocycles. The molecule has 2 aliphatic rings. The third-order valence-corrected chi connectivity index (χ3v) is 5.91. The average molecular weight is 367 g/mol. The molecule has 3 rings (SSSR count). The molecule has 2 aliphatic heterocycles. The normalized spacial score (nSPS) is 31.8. The lowest BCUT2D eigenvalue weighted by atomic mass is 9.81. The molecule has 0 radical (unpaired) electrons. The number of hydrogen-bond acceptors (Lipinski definition) is 5. The zero-order chi connectivity index (χ0) is 18.2. The topological polar surface area (TPSA) is 54.0 Å². The third kappa shape index (κ3) is 3.26. The molecule has 0 aliphatic carbocycles. The van der Waals surface area contributed by atoms with Crippen LogP contribution in [-0.2, 0) is 0 Å². The highest BCUT2D eigenvalue weighted by Crippen LogP contribution is 2.49. The van der Waals surface area contributed by atoms with Gasteiger partial charge in [-0.3, -0.25) is 0 Å². The van der Waals surface area contributed by atoms with Gasteiger partial charge in [-0.2, -0.15) is 0 Å². The van der Waals surface area contributed by atoms with Crippen LogP contribution < -0.4 is 14.8 Å². The molecule has 2 N–H and O–H groups in total. The Hall–Kier alpha value is -1.27. The van der Waals surface area contributed by atoms with Crippen molar-refractivity contribution >= 4 is 11.6 Å². The van der Waals surface area contributed by atoms with Crippen LogP contribution in [0.15, 0.2) is 24.8 Å². The fourth-order valence-electron chi connectivity index (χ4n) is 4.30. The highest BCUT2D eigenvalue weighted by Gasteiger charge is 2.54. The van der Waals surface area contributed by atoms with Crippen LogP contribution >= 0.6 is 11.6 Å². The van der Waals surface area contributed by atoms with E-state index in [0.29, 0.717) is 35.0 Å². The molecular formula is C19H27ClN2O3. The second kappa shape index (κ2) is 7.16. The number of aliphatic hydroxyl groups excluding tert-OH is 1. The van der Waals surface area contributed by atoms with Crippen molar-refractivity contribution in [3.63, 3.8) is 0 Å². The first-order chi connectivity index (χ1) is 11.9. The third-order valence-electron chi connectivity index (χ3n) is 5.58. The zero-order valence-electron chi connectivity index (χ0n) is 15.1. The SMILES string of the molecule is C=CCOc1cc(Cl)c([C@H]2N[C@@](C)(CO)[C@H]3CN(C)C[C@@H]23)cc1OC. The minimum Gasteiger partial charge on any atom is -0.493 e. The maximum absolute atomic E-state index is 9.97. The Bertz CT molecular complexity index is 654. The summed E-state index contributed by atoms with van der Waals surface area (Å²) in [7, 11) is 3.75. The van der Waals surface area contributed by atoms with Gasteiger partial charge in [0, 0.05) is 35.8 Å². The van der Waals surface area contributed by atoms with E-state index in [1.165, 1.54) is 0 Å². The first-order valence-electron chi connectivity index (χ1n) is 8.61. The number of likely N-dealkylation sites (tertiary alicyclic amines) is 1. The molecule has 2 heterocycles. The Morgan fingerprint density at radius 1 is 1.44 bits per heavy atom. The zero-order valence-corrected chi connectivity index (χ0v) is 15.8. The van der Waals surface area contributed by atoms with Crippen LogP contribution in [0.4, 0.5) is 0 Å². The van der Waals surface area contributed by atoms with Gasteiger partial charge in [0.15, 0.2) is 11.5 Å². The molecule has 0 saturated carbocycles. The van der Waals surface area contributed by atoms with Gasteiger partial charge in [-0.25, -0.2) is 0 Å². The quantitative estimate of drug-likeness (QED) is 0.757. The monoisotopic (exact) mass is 366 g/mol. The van der Waals surface area contributed by atoms with E-state index in [9.17, 15) is 5.11 Å². The Morgan fingerprint density at radius 3 is 2.84 bits per heavy atom. The second-order valence-electron chi connectivity index (χ2n) is 7.31. The number of nitrogens with one attached hydrogen (secondary N) is 1. The molecule has 25 heavy (non-hydrogen) atoms. The van der Waals surface area contributed by atoms with Gasteiger partial charge in [0.25, 0.3) is 0 Å². The van der Waals surface area contributed by atoms with E-state index in [2.05, 4.69) is 30.8 Å². The van der Waals surface area contributed by atoms with Crippen molar-refractivity contribution in [1.29, 1.82) is 0 Å². The van der Waals surface area contributed by atoms with Crippen molar-refractivity contribution in [2.24, 2.45) is 11.8 Å². The molecule has 1 aromatic carbocycles. The van der Waals surface area contributed by atoms with Crippen molar-refractivity contribution in [3.8, 4) is 11.5 Å². The van der Waals surface area contributed by atoms with Gasteiger partial charge in [0.1, 0.15) is 6.61 Å². The minimum atomic E-state index is -0.311. The van der Waals surface area contributed by atoms with E-state index in [0.717, 1.165) is 18.7 Å². The maximum atomic E-state index is 9.97. The molecule has 0 spiro atoms. The predicted molar refractivity (Wildman–Crippen MR) is 99.5 cm³/mol. The Kier molecular flexibility index (Phi) is 5.30. The standard InChI is InChI=1S/C19H27ClN2O3/c1-5-6-25-17-8-15(20)12(7-16(17)24-4)18-13-9-22(3)10-14(13)19(2,11-23)21-18/h5,7-8,13-14,18,21,23H,1,6,9-11H2,2-4H3/t13-,14+,18-,19+/m1/s1. The molecule has 0 unspecified atom stereocenters. The highest BCUT2D eigenvalue weighted by atomic mass is 35.5. The van der Waals surface area contributed by atoms with Crippen molar-refractivity contribution in [3.05, 3.63) is 35.4 Å². The molecule has 1 aromatic rings. The van der Waals surface area contributed by atoms with Gasteiger partial charge < -0.3 is 24.8 Å². The second-order valence-corrected chi connectivity index (χ2v) is 7.72. The maximum Gasteiger partial charge on any atom is 0.163 e. The van der Waals surface area contributed by atoms with Crippen LogP contribution in [0.2, 0.25) is 5.02 Å². The molecular weight excluding hydrogens is 340 g/mol. The van der Waals surface area contributed by atoms with Crippen LogP contribution in [-0.4, -0.2) is 56.0 Å². The van der Waals surface area contributed by atoms with Gasteiger partial charge in [-0.15, -0.1) is 0 Å². The van der Waals surface area contributed by atoms with E-state index >= 15 is 0 Å². The first-order valence-corrected chi connectivity index (χ1v) is 8.99. The lowest BCUT2D eigenvalue weighted by Gasteiger charge is -2.30. The fourth-order valence-corrected chi connectivity index (χ4v) is 4.57. The summed E-state index contributed by atoms with van der Waals surface area (Å²) in [5.41, 5.74) is 0.682. The lowest BCUT2D eigenvalue weighted by molar-refractivity contribution is 0.145. The van der Waals surface area contributed by atoms with E-state index in [-0.39, 0.29) is 18.2 Å². The first kappa shape index (κ1) is 18.5. The predicted octanol–water partition coefficient (Wildman–Crippen LogP) is 2.49. The van der Waals surface area contributed by atoms with Crippen molar-refractivity contribution in [1.82, 2.24) is 10.2 Å². The highest BCUT2D eigenvalue weighted by molar-refractivity contribution is 6.31. The number of fused-ring (bicyclic) bond motifs is 1. The van der Waals surface area contributed by atoms with E-state index in [1.807, 2.05) is 12.1 Å². The van der Waals surface area contributed by atoms with Crippen LogP contribution in [0.1, 0.15) is 18.5 Å². The summed E-state index contributed by atoms with van der Waals surface area (Å²) < 4.78 is 11.1. The number of rotatable bonds is 6. The molecule has 0 amide bonds. The summed E-state index contributed by atoms with van der Waals surface area (Å²) in [6.07, 6.45) is 1.69. The lowest BCUT2D eigenvalue weighted by Crippen LogP contribution is -2.47. The van der Waals surface area contributed by atoms with Crippen molar-refractivity contribution < 1.29 is 14.6 Å². The smallest absolute Gasteiger partial charge is 0.163 e. The van der Waals surface area contributed by atoms with Crippen LogP contribution in [0.3, 0.4) is 0 Å². The van der Waals surface area contributed by atoms with Crippen LogP contribution in [0.25, 0.3) is 0 Å². The van der Waals surface area contributed by atoms with Crippen molar-refractivity contribution in [2.45, 2.75) is 18.5 Å². The van der Waals surface area contributed by atoms with Crippen LogP contribution in [0, 0.1) is 11.8 Å². The molecule has 5 nitrogen and oxygen atoms in total. The van der Waals surface area contributed by atoms with E-state index in [4.69, 9.17) is 21.1 Å². The number of nitrogens with zero attached hydrogens (tertiary/aromatic N) is 1. The number of benzene rings is 1. The van der Waals surface area contributed by atoms with Gasteiger partial charge >= 0.3 is 0 Å². The number of hydrogen-bond donors (Lipinski definition) is 2. The Labute approximate surface area is 154 Å². The molecule has 138 valence electrons. The number of methoxy groups -OCH3 is 1. The molecule has 2 saturated heterocycles. The number of aliphatic hydroxyl groups is 1. The number of halogens is 1. The van der Waals surface area contributed by atoms with Gasteiger partial charge in [-0.1, -0.05) is 24.3 Å². The van der Waals surface area contributed by atoms with Crippen LogP contribution in [0.5, 0.6) is 11.5 Å². The average Bonchev–Trinajstić information content (AvgIpc) is 3.11. The molecule has 6 heteroatoms.